The normalized spacial score (nSPS) is 11.6. The molecule has 1 atom stereocenters. The van der Waals surface area contributed by atoms with Crippen LogP contribution in [0.4, 0.5) is 14.5 Å². The molecule has 0 aliphatic rings. The number of hydrogen-bond donors (Lipinski definition) is 2. The molecule has 3 nitrogen and oxygen atoms in total. The van der Waals surface area contributed by atoms with Crippen molar-refractivity contribution in [2.24, 2.45) is 0 Å². The average Bonchev–Trinajstić information content (AvgIpc) is 2.70. The Bertz CT molecular complexity index is 1060. The molecule has 0 aromatic heterocycles. The molecule has 3 aromatic carbocycles. The van der Waals surface area contributed by atoms with E-state index in [1.165, 1.54) is 18.2 Å². The fourth-order valence-electron chi connectivity index (χ4n) is 2.77. The molecule has 0 saturated heterocycles. The molecule has 1 amide bonds. The lowest BCUT2D eigenvalue weighted by molar-refractivity contribution is -0.120. The largest absolute Gasteiger partial charge is 0.330 e. The number of halogens is 3. The van der Waals surface area contributed by atoms with Gasteiger partial charge in [0.05, 0.1) is 11.6 Å². The number of thiocarbonyl (C=S) groups is 1. The first-order valence-electron chi connectivity index (χ1n) is 8.77. The Balaban J connectivity index is 1.68. The molecule has 3 aromatic rings. The molecule has 0 fully saturated rings. The Morgan fingerprint density at radius 1 is 1.00 bits per heavy atom. The van der Waals surface area contributed by atoms with E-state index in [4.69, 9.17) is 12.2 Å². The Hall–Kier alpha value is -2.64. The van der Waals surface area contributed by atoms with Crippen LogP contribution in [-0.4, -0.2) is 11.0 Å². The van der Waals surface area contributed by atoms with Crippen molar-refractivity contribution in [3.8, 4) is 11.1 Å². The summed E-state index contributed by atoms with van der Waals surface area (Å²) in [7, 11) is 0. The van der Waals surface area contributed by atoms with Gasteiger partial charge in [0.25, 0.3) is 0 Å². The van der Waals surface area contributed by atoms with Crippen LogP contribution in [0.1, 0.15) is 18.4 Å². The summed E-state index contributed by atoms with van der Waals surface area (Å²) in [5.74, 6) is -2.00. The predicted molar refractivity (Wildman–Crippen MR) is 119 cm³/mol. The highest BCUT2D eigenvalue weighted by atomic mass is 79.9. The number of carbonyl (C=O) groups excluding carboxylic acids is 1. The van der Waals surface area contributed by atoms with Crippen molar-refractivity contribution < 1.29 is 13.6 Å². The fraction of sp³-hybridized carbons (Fsp3) is 0.0909. The highest BCUT2D eigenvalue weighted by molar-refractivity contribution is 9.10. The molecule has 0 aliphatic heterocycles. The van der Waals surface area contributed by atoms with Gasteiger partial charge in [-0.25, -0.2) is 8.78 Å². The van der Waals surface area contributed by atoms with E-state index in [9.17, 15) is 13.6 Å². The zero-order chi connectivity index (χ0) is 21.0. The second kappa shape index (κ2) is 9.24. The molecule has 0 saturated carbocycles. The van der Waals surface area contributed by atoms with Crippen LogP contribution in [0.5, 0.6) is 0 Å². The van der Waals surface area contributed by atoms with Crippen molar-refractivity contribution in [3.63, 3.8) is 0 Å². The molecular formula is C22H17BrF2N2OS. The number of anilines is 1. The molecular weight excluding hydrogens is 458 g/mol. The topological polar surface area (TPSA) is 41.1 Å². The third-order valence-electron chi connectivity index (χ3n) is 4.39. The maximum absolute atomic E-state index is 14.6. The third kappa shape index (κ3) is 5.25. The highest BCUT2D eigenvalue weighted by Crippen LogP contribution is 2.26. The summed E-state index contributed by atoms with van der Waals surface area (Å²) in [4.78, 5) is 12.5. The molecule has 0 radical (unpaired) electrons. The molecule has 1 unspecified atom stereocenters. The molecule has 29 heavy (non-hydrogen) atoms. The van der Waals surface area contributed by atoms with Gasteiger partial charge in [0, 0.05) is 10.0 Å². The van der Waals surface area contributed by atoms with Gasteiger partial charge in [0.15, 0.2) is 5.11 Å². The summed E-state index contributed by atoms with van der Waals surface area (Å²) in [5, 5.41) is 5.12. The number of rotatable bonds is 4. The molecule has 2 N–H and O–H groups in total. The lowest BCUT2D eigenvalue weighted by atomic mass is 9.96. The predicted octanol–water partition coefficient (Wildman–Crippen LogP) is 6.01. The van der Waals surface area contributed by atoms with E-state index in [1.807, 2.05) is 30.3 Å². The lowest BCUT2D eigenvalue weighted by Crippen LogP contribution is -2.37. The zero-order valence-corrected chi connectivity index (χ0v) is 17.8. The molecule has 0 heterocycles. The van der Waals surface area contributed by atoms with Crippen molar-refractivity contribution in [3.05, 3.63) is 88.4 Å². The van der Waals surface area contributed by atoms with Gasteiger partial charge in [-0.15, -0.1) is 0 Å². The van der Waals surface area contributed by atoms with Crippen LogP contribution in [0.3, 0.4) is 0 Å². The SMILES string of the molecule is CC(C(=O)NC(=S)Nc1ccc(Br)cc1F)c1ccc(-c2ccccc2)c(F)c1. The van der Waals surface area contributed by atoms with Crippen LogP contribution in [0, 0.1) is 11.6 Å². The van der Waals surface area contributed by atoms with Crippen LogP contribution in [-0.2, 0) is 4.79 Å². The Morgan fingerprint density at radius 3 is 2.38 bits per heavy atom. The molecule has 7 heteroatoms. The zero-order valence-electron chi connectivity index (χ0n) is 15.4. The standard InChI is InChI=1S/C22H17BrF2N2OS/c1-13(15-7-9-17(18(24)11-15)14-5-3-2-4-6-14)21(28)27-22(29)26-20-10-8-16(23)12-19(20)25/h2-13H,1H3,(H2,26,27,28,29). The summed E-state index contributed by atoms with van der Waals surface area (Å²) in [5.41, 5.74) is 1.88. The van der Waals surface area contributed by atoms with Gasteiger partial charge >= 0.3 is 0 Å². The first kappa shape index (κ1) is 21.1. The number of benzene rings is 3. The van der Waals surface area contributed by atoms with Gasteiger partial charge in [-0.05, 0) is 54.5 Å². The first-order valence-corrected chi connectivity index (χ1v) is 9.97. The number of nitrogens with one attached hydrogen (secondary N) is 2. The Kier molecular flexibility index (Phi) is 6.71. The Morgan fingerprint density at radius 2 is 1.72 bits per heavy atom. The molecule has 3 rings (SSSR count). The van der Waals surface area contributed by atoms with Crippen molar-refractivity contribution in [2.75, 3.05) is 5.32 Å². The van der Waals surface area contributed by atoms with Crippen LogP contribution in [0.25, 0.3) is 11.1 Å². The van der Waals surface area contributed by atoms with Crippen LogP contribution in [0.15, 0.2) is 71.2 Å². The molecule has 0 bridgehead atoms. The van der Waals surface area contributed by atoms with Gasteiger partial charge in [0.1, 0.15) is 11.6 Å². The summed E-state index contributed by atoms with van der Waals surface area (Å²) >= 11 is 8.26. The summed E-state index contributed by atoms with van der Waals surface area (Å²) in [6.07, 6.45) is 0. The average molecular weight is 475 g/mol. The van der Waals surface area contributed by atoms with E-state index < -0.39 is 23.5 Å². The summed E-state index contributed by atoms with van der Waals surface area (Å²) in [6, 6.07) is 18.3. The minimum Gasteiger partial charge on any atom is -0.330 e. The fourth-order valence-corrected chi connectivity index (χ4v) is 3.31. The van der Waals surface area contributed by atoms with Crippen LogP contribution >= 0.6 is 28.1 Å². The number of hydrogen-bond acceptors (Lipinski definition) is 2. The van der Waals surface area contributed by atoms with E-state index >= 15 is 0 Å². The summed E-state index contributed by atoms with van der Waals surface area (Å²) < 4.78 is 29.0. The maximum Gasteiger partial charge on any atom is 0.233 e. The van der Waals surface area contributed by atoms with Gasteiger partial charge in [-0.1, -0.05) is 58.4 Å². The van der Waals surface area contributed by atoms with Gasteiger partial charge in [0.2, 0.25) is 5.91 Å². The van der Waals surface area contributed by atoms with E-state index in [2.05, 4.69) is 26.6 Å². The van der Waals surface area contributed by atoms with E-state index in [0.717, 1.165) is 5.56 Å². The van der Waals surface area contributed by atoms with Gasteiger partial charge < -0.3 is 10.6 Å². The van der Waals surface area contributed by atoms with E-state index in [1.54, 1.807) is 25.1 Å². The van der Waals surface area contributed by atoms with Crippen molar-refractivity contribution in [2.45, 2.75) is 12.8 Å². The quantitative estimate of drug-likeness (QED) is 0.454. The van der Waals surface area contributed by atoms with Crippen LogP contribution in [0.2, 0.25) is 0 Å². The number of carbonyl (C=O) groups is 1. The molecule has 148 valence electrons. The van der Waals surface area contributed by atoms with Crippen molar-refractivity contribution in [1.82, 2.24) is 5.32 Å². The second-order valence-electron chi connectivity index (χ2n) is 6.39. The minimum atomic E-state index is -0.649. The monoisotopic (exact) mass is 474 g/mol. The smallest absolute Gasteiger partial charge is 0.233 e. The lowest BCUT2D eigenvalue weighted by Gasteiger charge is -2.15. The maximum atomic E-state index is 14.6. The molecule has 0 aliphatic carbocycles. The Labute approximate surface area is 181 Å². The first-order chi connectivity index (χ1) is 13.8. The van der Waals surface area contributed by atoms with Crippen molar-refractivity contribution >= 4 is 44.9 Å². The number of amides is 1. The minimum absolute atomic E-state index is 0.0375. The van der Waals surface area contributed by atoms with E-state index in [-0.39, 0.29) is 10.8 Å². The molecule has 0 spiro atoms. The van der Waals surface area contributed by atoms with E-state index in [0.29, 0.717) is 15.6 Å². The van der Waals surface area contributed by atoms with Gasteiger partial charge in [-0.2, -0.15) is 0 Å². The van der Waals surface area contributed by atoms with Crippen LogP contribution < -0.4 is 10.6 Å². The highest BCUT2D eigenvalue weighted by Gasteiger charge is 2.18. The third-order valence-corrected chi connectivity index (χ3v) is 5.08. The second-order valence-corrected chi connectivity index (χ2v) is 7.72. The van der Waals surface area contributed by atoms with Crippen molar-refractivity contribution in [1.29, 1.82) is 0 Å². The van der Waals surface area contributed by atoms with Gasteiger partial charge in [-0.3, -0.25) is 4.79 Å². The summed E-state index contributed by atoms with van der Waals surface area (Å²) in [6.45, 7) is 1.65.